The quantitative estimate of drug-likeness (QED) is 0.742. The summed E-state index contributed by atoms with van der Waals surface area (Å²) in [6, 6.07) is 15.6. The molecule has 0 atom stereocenters. The molecule has 0 saturated carbocycles. The Kier molecular flexibility index (Phi) is 3.13. The van der Waals surface area contributed by atoms with Crippen molar-refractivity contribution in [3.05, 3.63) is 59.4 Å². The fraction of sp³-hybridized carbons (Fsp3) is 0.350. The van der Waals surface area contributed by atoms with E-state index >= 15 is 0 Å². The molecular formula is C20H21N3O. The van der Waals surface area contributed by atoms with Gasteiger partial charge >= 0.3 is 0 Å². The Morgan fingerprint density at radius 1 is 1.17 bits per heavy atom. The first-order valence-corrected chi connectivity index (χ1v) is 8.68. The number of fused-ring (bicyclic) bond motifs is 2. The normalized spacial score (nSPS) is 17.7. The molecule has 1 saturated heterocycles. The highest BCUT2D eigenvalue weighted by Crippen LogP contribution is 2.30. The maximum absolute atomic E-state index is 5.59. The van der Waals surface area contributed by atoms with Crippen molar-refractivity contribution in [2.75, 3.05) is 19.7 Å². The predicted octanol–water partition coefficient (Wildman–Crippen LogP) is 3.34. The minimum absolute atomic E-state index is 0.537. The van der Waals surface area contributed by atoms with Crippen LogP contribution in [-0.4, -0.2) is 34.1 Å². The van der Waals surface area contributed by atoms with Crippen molar-refractivity contribution in [3.63, 3.8) is 0 Å². The molecule has 0 radical (unpaired) electrons. The second kappa shape index (κ2) is 5.35. The average Bonchev–Trinajstić information content (AvgIpc) is 3.13. The molecule has 3 heterocycles. The van der Waals surface area contributed by atoms with Crippen molar-refractivity contribution in [2.45, 2.75) is 25.9 Å². The molecule has 4 heteroatoms. The summed E-state index contributed by atoms with van der Waals surface area (Å²) in [6.45, 7) is 6.15. The minimum atomic E-state index is 0.537. The first-order chi connectivity index (χ1) is 11.8. The summed E-state index contributed by atoms with van der Waals surface area (Å²) in [4.78, 5) is 7.21. The van der Waals surface area contributed by atoms with Gasteiger partial charge in [0, 0.05) is 26.1 Å². The van der Waals surface area contributed by atoms with Gasteiger partial charge in [0.05, 0.1) is 23.7 Å². The van der Waals surface area contributed by atoms with E-state index in [1.165, 1.54) is 16.6 Å². The Bertz CT molecular complexity index is 908. The number of aromatic nitrogens is 2. The van der Waals surface area contributed by atoms with Crippen LogP contribution in [0.15, 0.2) is 42.5 Å². The van der Waals surface area contributed by atoms with Gasteiger partial charge in [-0.25, -0.2) is 4.98 Å². The molecule has 0 N–H and O–H groups in total. The number of imidazole rings is 1. The number of para-hydroxylation sites is 2. The third kappa shape index (κ3) is 2.21. The molecular weight excluding hydrogens is 298 g/mol. The van der Waals surface area contributed by atoms with Crippen LogP contribution < -0.4 is 4.74 Å². The summed E-state index contributed by atoms with van der Waals surface area (Å²) < 4.78 is 8.00. The summed E-state index contributed by atoms with van der Waals surface area (Å²) in [5.74, 6) is 2.19. The van der Waals surface area contributed by atoms with Crippen LogP contribution in [0.4, 0.5) is 0 Å². The van der Waals surface area contributed by atoms with Crippen LogP contribution in [0.2, 0.25) is 0 Å². The van der Waals surface area contributed by atoms with Gasteiger partial charge in [-0.3, -0.25) is 4.90 Å². The highest BCUT2D eigenvalue weighted by molar-refractivity contribution is 5.76. The lowest BCUT2D eigenvalue weighted by atomic mass is 10.0. The van der Waals surface area contributed by atoms with Gasteiger partial charge in [-0.1, -0.05) is 24.3 Å². The largest absolute Gasteiger partial charge is 0.493 e. The second-order valence-corrected chi connectivity index (χ2v) is 6.91. The molecule has 1 aromatic heterocycles. The Morgan fingerprint density at radius 3 is 2.96 bits per heavy atom. The van der Waals surface area contributed by atoms with E-state index in [0.717, 1.165) is 49.8 Å². The third-order valence-corrected chi connectivity index (χ3v) is 5.24. The highest BCUT2D eigenvalue weighted by Gasteiger charge is 2.30. The molecule has 2 aromatic carbocycles. The number of hydrogen-bond donors (Lipinski definition) is 0. The predicted molar refractivity (Wildman–Crippen MR) is 94.4 cm³/mol. The van der Waals surface area contributed by atoms with Gasteiger partial charge in [-0.15, -0.1) is 0 Å². The Morgan fingerprint density at radius 2 is 2.04 bits per heavy atom. The lowest BCUT2D eigenvalue weighted by molar-refractivity contribution is 0.100. The van der Waals surface area contributed by atoms with Crippen LogP contribution in [0.5, 0.6) is 5.75 Å². The van der Waals surface area contributed by atoms with E-state index in [0.29, 0.717) is 6.04 Å². The molecule has 2 aliphatic rings. The zero-order valence-corrected chi connectivity index (χ0v) is 13.9. The Hall–Kier alpha value is -2.33. The second-order valence-electron chi connectivity index (χ2n) is 6.91. The number of hydrogen-bond acceptors (Lipinski definition) is 3. The van der Waals surface area contributed by atoms with E-state index in [9.17, 15) is 0 Å². The van der Waals surface area contributed by atoms with Gasteiger partial charge in [0.2, 0.25) is 0 Å². The van der Waals surface area contributed by atoms with Crippen molar-refractivity contribution in [2.24, 2.45) is 0 Å². The van der Waals surface area contributed by atoms with Crippen LogP contribution in [-0.2, 0) is 13.0 Å². The van der Waals surface area contributed by atoms with Gasteiger partial charge < -0.3 is 9.30 Å². The summed E-state index contributed by atoms with van der Waals surface area (Å²) in [5, 5.41) is 0. The summed E-state index contributed by atoms with van der Waals surface area (Å²) in [5.41, 5.74) is 5.12. The molecule has 1 fully saturated rings. The van der Waals surface area contributed by atoms with Crippen molar-refractivity contribution >= 4 is 11.0 Å². The van der Waals surface area contributed by atoms with E-state index in [1.54, 1.807) is 0 Å². The molecule has 0 aliphatic carbocycles. The minimum Gasteiger partial charge on any atom is -0.493 e. The zero-order valence-electron chi connectivity index (χ0n) is 13.9. The van der Waals surface area contributed by atoms with Crippen LogP contribution in [0.25, 0.3) is 11.0 Å². The SMILES string of the molecule is Cc1nc2ccccc2n1C1CN(Cc2ccc3c(c2)CCO3)C1. The van der Waals surface area contributed by atoms with Crippen LogP contribution in [0, 0.1) is 6.92 Å². The van der Waals surface area contributed by atoms with Crippen molar-refractivity contribution in [3.8, 4) is 5.75 Å². The summed E-state index contributed by atoms with van der Waals surface area (Å²) in [7, 11) is 0. The van der Waals surface area contributed by atoms with E-state index in [2.05, 4.69) is 58.9 Å². The number of benzene rings is 2. The number of aryl methyl sites for hydroxylation is 1. The molecule has 24 heavy (non-hydrogen) atoms. The fourth-order valence-electron chi connectivity index (χ4n) is 4.06. The van der Waals surface area contributed by atoms with Gasteiger partial charge in [0.1, 0.15) is 11.6 Å². The Balaban J connectivity index is 1.31. The lowest BCUT2D eigenvalue weighted by Crippen LogP contribution is -2.47. The van der Waals surface area contributed by atoms with E-state index < -0.39 is 0 Å². The number of rotatable bonds is 3. The van der Waals surface area contributed by atoms with E-state index in [1.807, 2.05) is 0 Å². The maximum Gasteiger partial charge on any atom is 0.122 e. The van der Waals surface area contributed by atoms with Gasteiger partial charge in [-0.05, 0) is 36.2 Å². The average molecular weight is 319 g/mol. The van der Waals surface area contributed by atoms with Crippen LogP contribution in [0.3, 0.4) is 0 Å². The van der Waals surface area contributed by atoms with E-state index in [-0.39, 0.29) is 0 Å². The first kappa shape index (κ1) is 14.1. The first-order valence-electron chi connectivity index (χ1n) is 8.68. The van der Waals surface area contributed by atoms with Gasteiger partial charge in [-0.2, -0.15) is 0 Å². The van der Waals surface area contributed by atoms with Crippen molar-refractivity contribution in [1.82, 2.24) is 14.5 Å². The summed E-state index contributed by atoms with van der Waals surface area (Å²) in [6.07, 6.45) is 1.05. The van der Waals surface area contributed by atoms with Gasteiger partial charge in [0.15, 0.2) is 0 Å². The third-order valence-electron chi connectivity index (χ3n) is 5.24. The van der Waals surface area contributed by atoms with E-state index in [4.69, 9.17) is 9.72 Å². The van der Waals surface area contributed by atoms with Gasteiger partial charge in [0.25, 0.3) is 0 Å². The smallest absolute Gasteiger partial charge is 0.122 e. The number of nitrogens with zero attached hydrogens (tertiary/aromatic N) is 3. The molecule has 122 valence electrons. The molecule has 0 bridgehead atoms. The molecule has 0 unspecified atom stereocenters. The summed E-state index contributed by atoms with van der Waals surface area (Å²) >= 11 is 0. The van der Waals surface area contributed by atoms with Crippen molar-refractivity contribution < 1.29 is 4.74 Å². The van der Waals surface area contributed by atoms with Crippen LogP contribution in [0.1, 0.15) is 23.0 Å². The highest BCUT2D eigenvalue weighted by atomic mass is 16.5. The fourth-order valence-corrected chi connectivity index (χ4v) is 4.06. The molecule has 0 amide bonds. The molecule has 5 rings (SSSR count). The van der Waals surface area contributed by atoms with Crippen molar-refractivity contribution in [1.29, 1.82) is 0 Å². The number of likely N-dealkylation sites (tertiary alicyclic amines) is 1. The van der Waals surface area contributed by atoms with Crippen LogP contribution >= 0.6 is 0 Å². The molecule has 3 aromatic rings. The molecule has 2 aliphatic heterocycles. The maximum atomic E-state index is 5.59. The topological polar surface area (TPSA) is 30.3 Å². The molecule has 0 spiro atoms. The number of ether oxygens (including phenoxy) is 1. The Labute approximate surface area is 141 Å². The zero-order chi connectivity index (χ0) is 16.1. The monoisotopic (exact) mass is 319 g/mol. The standard InChI is InChI=1S/C20H21N3O/c1-14-21-18-4-2-3-5-19(18)23(14)17-12-22(13-17)11-15-6-7-20-16(10-15)8-9-24-20/h2-7,10,17H,8-9,11-13H2,1H3. The lowest BCUT2D eigenvalue weighted by Gasteiger charge is -2.40. The molecule has 4 nitrogen and oxygen atoms in total.